The van der Waals surface area contributed by atoms with Crippen LogP contribution >= 0.6 is 0 Å². The number of rotatable bonds is 5. The third-order valence-electron chi connectivity index (χ3n) is 5.64. The Balaban J connectivity index is 1.62. The van der Waals surface area contributed by atoms with Crippen LogP contribution in [0.3, 0.4) is 0 Å². The molecule has 0 spiro atoms. The molecule has 2 fully saturated rings. The SMILES string of the molecule is CCCCN1C(=O)CC[C@H]2CN(Cc3ccccc3C)CC[C@H]21. The Bertz CT molecular complexity index is 542. The van der Waals surface area contributed by atoms with Gasteiger partial charge in [-0.25, -0.2) is 0 Å². The predicted molar refractivity (Wildman–Crippen MR) is 94.2 cm³/mol. The van der Waals surface area contributed by atoms with Gasteiger partial charge in [0.2, 0.25) is 5.91 Å². The Morgan fingerprint density at radius 2 is 2.04 bits per heavy atom. The largest absolute Gasteiger partial charge is 0.339 e. The lowest BCUT2D eigenvalue weighted by molar-refractivity contribution is -0.141. The van der Waals surface area contributed by atoms with Crippen LogP contribution < -0.4 is 0 Å². The molecule has 2 atom stereocenters. The van der Waals surface area contributed by atoms with Crippen molar-refractivity contribution in [1.82, 2.24) is 9.80 Å². The third-order valence-corrected chi connectivity index (χ3v) is 5.64. The first-order chi connectivity index (χ1) is 11.2. The van der Waals surface area contributed by atoms with Gasteiger partial charge in [0.25, 0.3) is 0 Å². The van der Waals surface area contributed by atoms with Crippen LogP contribution in [0.15, 0.2) is 24.3 Å². The highest BCUT2D eigenvalue weighted by Crippen LogP contribution is 2.32. The molecule has 0 aromatic heterocycles. The molecule has 0 bridgehead atoms. The number of piperidine rings is 2. The number of likely N-dealkylation sites (tertiary alicyclic amines) is 2. The van der Waals surface area contributed by atoms with Crippen molar-refractivity contribution < 1.29 is 4.79 Å². The number of benzene rings is 1. The van der Waals surface area contributed by atoms with Gasteiger partial charge in [-0.2, -0.15) is 0 Å². The maximum atomic E-state index is 12.3. The molecule has 0 saturated carbocycles. The van der Waals surface area contributed by atoms with Gasteiger partial charge >= 0.3 is 0 Å². The topological polar surface area (TPSA) is 23.6 Å². The summed E-state index contributed by atoms with van der Waals surface area (Å²) in [5.41, 5.74) is 2.83. The van der Waals surface area contributed by atoms with Crippen LogP contribution in [0.25, 0.3) is 0 Å². The molecule has 1 aromatic carbocycles. The van der Waals surface area contributed by atoms with E-state index in [1.165, 1.54) is 17.5 Å². The molecule has 3 heteroatoms. The van der Waals surface area contributed by atoms with Gasteiger partial charge in [-0.3, -0.25) is 9.69 Å². The van der Waals surface area contributed by atoms with Crippen LogP contribution in [-0.4, -0.2) is 41.4 Å². The number of hydrogen-bond acceptors (Lipinski definition) is 2. The van der Waals surface area contributed by atoms with Crippen LogP contribution in [-0.2, 0) is 11.3 Å². The molecule has 0 radical (unpaired) electrons. The lowest BCUT2D eigenvalue weighted by Crippen LogP contribution is -2.55. The lowest BCUT2D eigenvalue weighted by Gasteiger charge is -2.47. The fraction of sp³-hybridized carbons (Fsp3) is 0.650. The molecule has 1 amide bonds. The summed E-state index contributed by atoms with van der Waals surface area (Å²) in [6.07, 6.45) is 5.29. The molecular weight excluding hydrogens is 284 g/mol. The quantitative estimate of drug-likeness (QED) is 0.829. The van der Waals surface area contributed by atoms with Gasteiger partial charge in [-0.05, 0) is 43.2 Å². The zero-order valence-corrected chi connectivity index (χ0v) is 14.6. The number of amides is 1. The molecule has 2 saturated heterocycles. The highest BCUT2D eigenvalue weighted by atomic mass is 16.2. The average molecular weight is 314 g/mol. The molecule has 3 nitrogen and oxygen atoms in total. The number of hydrogen-bond donors (Lipinski definition) is 0. The van der Waals surface area contributed by atoms with E-state index < -0.39 is 0 Å². The standard InChI is InChI=1S/C20H30N2O/c1-3-4-12-22-19-11-13-21(15-18(19)9-10-20(22)23)14-17-8-6-5-7-16(17)2/h5-8,18-19H,3-4,9-15H2,1-2H3/t18-,19+/m0/s1. The first-order valence-corrected chi connectivity index (χ1v) is 9.25. The highest BCUT2D eigenvalue weighted by molar-refractivity contribution is 5.77. The number of carbonyl (C=O) groups excluding carboxylic acids is 1. The van der Waals surface area contributed by atoms with Gasteiger partial charge in [-0.1, -0.05) is 37.6 Å². The highest BCUT2D eigenvalue weighted by Gasteiger charge is 2.38. The fourth-order valence-corrected chi connectivity index (χ4v) is 4.22. The molecule has 1 aromatic rings. The lowest BCUT2D eigenvalue weighted by atomic mass is 9.83. The molecule has 2 heterocycles. The Labute approximate surface area is 140 Å². The Morgan fingerprint density at radius 1 is 1.22 bits per heavy atom. The van der Waals surface area contributed by atoms with Gasteiger partial charge in [0.1, 0.15) is 0 Å². The van der Waals surface area contributed by atoms with Crippen LogP contribution in [0, 0.1) is 12.8 Å². The van der Waals surface area contributed by atoms with Crippen molar-refractivity contribution in [3.63, 3.8) is 0 Å². The maximum Gasteiger partial charge on any atom is 0.222 e. The molecule has 0 aliphatic carbocycles. The average Bonchev–Trinajstić information content (AvgIpc) is 2.56. The monoisotopic (exact) mass is 314 g/mol. The van der Waals surface area contributed by atoms with Crippen molar-refractivity contribution in [2.45, 2.75) is 58.5 Å². The van der Waals surface area contributed by atoms with Crippen LogP contribution in [0.4, 0.5) is 0 Å². The summed E-state index contributed by atoms with van der Waals surface area (Å²) in [5, 5.41) is 0. The summed E-state index contributed by atoms with van der Waals surface area (Å²) < 4.78 is 0. The Morgan fingerprint density at radius 3 is 2.83 bits per heavy atom. The van der Waals surface area contributed by atoms with Crippen molar-refractivity contribution in [2.24, 2.45) is 5.92 Å². The molecule has 3 rings (SSSR count). The summed E-state index contributed by atoms with van der Waals surface area (Å²) in [7, 11) is 0. The minimum atomic E-state index is 0.395. The van der Waals surface area contributed by atoms with Gasteiger partial charge in [0, 0.05) is 38.6 Å². The van der Waals surface area contributed by atoms with Crippen LogP contribution in [0.5, 0.6) is 0 Å². The minimum Gasteiger partial charge on any atom is -0.339 e. The Hall–Kier alpha value is -1.35. The molecule has 2 aliphatic heterocycles. The van der Waals surface area contributed by atoms with Crippen LogP contribution in [0.2, 0.25) is 0 Å². The van der Waals surface area contributed by atoms with Crippen molar-refractivity contribution in [3.05, 3.63) is 35.4 Å². The van der Waals surface area contributed by atoms with Gasteiger partial charge < -0.3 is 4.90 Å². The molecule has 2 aliphatic rings. The van der Waals surface area contributed by atoms with E-state index in [0.29, 0.717) is 17.9 Å². The van der Waals surface area contributed by atoms with E-state index in [4.69, 9.17) is 0 Å². The smallest absolute Gasteiger partial charge is 0.222 e. The summed E-state index contributed by atoms with van der Waals surface area (Å²) in [6, 6.07) is 9.20. The maximum absolute atomic E-state index is 12.3. The predicted octanol–water partition coefficient (Wildman–Crippen LogP) is 3.61. The van der Waals surface area contributed by atoms with Crippen molar-refractivity contribution in [3.8, 4) is 0 Å². The second-order valence-electron chi connectivity index (χ2n) is 7.26. The van der Waals surface area contributed by atoms with Gasteiger partial charge in [0.05, 0.1) is 0 Å². The van der Waals surface area contributed by atoms with E-state index >= 15 is 0 Å². The number of unbranched alkanes of at least 4 members (excludes halogenated alkanes) is 1. The van der Waals surface area contributed by atoms with Gasteiger partial charge in [0.15, 0.2) is 0 Å². The zero-order valence-electron chi connectivity index (χ0n) is 14.6. The Kier molecular flexibility index (Phi) is 5.37. The minimum absolute atomic E-state index is 0.395. The second kappa shape index (κ2) is 7.48. The first-order valence-electron chi connectivity index (χ1n) is 9.25. The number of fused-ring (bicyclic) bond motifs is 1. The number of nitrogens with zero attached hydrogens (tertiary/aromatic N) is 2. The van der Waals surface area contributed by atoms with E-state index in [1.807, 2.05) is 0 Å². The van der Waals surface area contributed by atoms with E-state index in [9.17, 15) is 4.79 Å². The summed E-state index contributed by atoms with van der Waals surface area (Å²) >= 11 is 0. The summed E-state index contributed by atoms with van der Waals surface area (Å²) in [6.45, 7) is 8.69. The molecule has 23 heavy (non-hydrogen) atoms. The molecular formula is C20H30N2O. The number of aryl methyl sites for hydroxylation is 1. The summed E-state index contributed by atoms with van der Waals surface area (Å²) in [4.78, 5) is 17.1. The summed E-state index contributed by atoms with van der Waals surface area (Å²) in [5.74, 6) is 1.06. The van der Waals surface area contributed by atoms with Crippen molar-refractivity contribution in [2.75, 3.05) is 19.6 Å². The van der Waals surface area contributed by atoms with E-state index in [2.05, 4.69) is 47.9 Å². The fourth-order valence-electron chi connectivity index (χ4n) is 4.22. The van der Waals surface area contributed by atoms with Crippen LogP contribution in [0.1, 0.15) is 50.2 Å². The molecule has 0 unspecified atom stereocenters. The van der Waals surface area contributed by atoms with Crippen molar-refractivity contribution in [1.29, 1.82) is 0 Å². The van der Waals surface area contributed by atoms with E-state index in [-0.39, 0.29) is 0 Å². The zero-order chi connectivity index (χ0) is 16.2. The van der Waals surface area contributed by atoms with Crippen molar-refractivity contribution >= 4 is 5.91 Å². The molecule has 0 N–H and O–H groups in total. The van der Waals surface area contributed by atoms with Gasteiger partial charge in [-0.15, -0.1) is 0 Å². The van der Waals surface area contributed by atoms with E-state index in [1.54, 1.807) is 0 Å². The first kappa shape index (κ1) is 16.5. The normalized spacial score (nSPS) is 25.5. The number of carbonyl (C=O) groups is 1. The second-order valence-corrected chi connectivity index (χ2v) is 7.26. The molecule has 126 valence electrons. The van der Waals surface area contributed by atoms with E-state index in [0.717, 1.165) is 51.9 Å². The third kappa shape index (κ3) is 3.77.